The minimum Gasteiger partial charge on any atom is -0.493 e. The van der Waals surface area contributed by atoms with Crippen LogP contribution < -0.4 is 19.5 Å². The van der Waals surface area contributed by atoms with Crippen LogP contribution in [0.25, 0.3) is 6.08 Å². The number of methoxy groups -OCH3 is 1. The van der Waals surface area contributed by atoms with E-state index in [2.05, 4.69) is 10.3 Å². The first-order chi connectivity index (χ1) is 14.6. The fourth-order valence-electron chi connectivity index (χ4n) is 2.62. The molecule has 0 aliphatic rings. The Morgan fingerprint density at radius 1 is 1.23 bits per heavy atom. The molecule has 0 unspecified atom stereocenters. The highest BCUT2D eigenvalue weighted by Crippen LogP contribution is 2.36. The highest BCUT2D eigenvalue weighted by molar-refractivity contribution is 7.07. The number of nitrogens with zero attached hydrogens (tertiary/aromatic N) is 1. The molecule has 1 N–H and O–H groups in total. The molecule has 0 spiro atoms. The molecule has 0 radical (unpaired) electrons. The van der Waals surface area contributed by atoms with Gasteiger partial charge in [-0.2, -0.15) is 0 Å². The van der Waals surface area contributed by atoms with Gasteiger partial charge in [0.2, 0.25) is 5.91 Å². The number of halogens is 1. The number of thiazole rings is 1. The molecule has 30 heavy (non-hydrogen) atoms. The SMILES string of the molecule is CCOc1c(Cl)cc(/C=C/C(=O)Nc2ccccc2OCc2cscn2)cc1OC. The monoisotopic (exact) mass is 444 g/mol. The molecule has 3 rings (SSSR count). The van der Waals surface area contributed by atoms with E-state index in [1.807, 2.05) is 24.4 Å². The maximum absolute atomic E-state index is 12.4. The van der Waals surface area contributed by atoms with Crippen molar-refractivity contribution in [2.45, 2.75) is 13.5 Å². The molecule has 3 aromatic rings. The van der Waals surface area contributed by atoms with Crippen molar-refractivity contribution in [3.63, 3.8) is 0 Å². The first-order valence-electron chi connectivity index (χ1n) is 9.19. The topological polar surface area (TPSA) is 69.7 Å². The van der Waals surface area contributed by atoms with Crippen molar-refractivity contribution in [2.75, 3.05) is 19.0 Å². The van der Waals surface area contributed by atoms with Crippen molar-refractivity contribution >= 4 is 40.6 Å². The first kappa shape index (κ1) is 21.7. The molecular weight excluding hydrogens is 424 g/mol. The maximum atomic E-state index is 12.4. The number of anilines is 1. The van der Waals surface area contributed by atoms with Crippen LogP contribution in [-0.4, -0.2) is 24.6 Å². The molecule has 2 aromatic carbocycles. The lowest BCUT2D eigenvalue weighted by molar-refractivity contribution is -0.111. The number of carbonyl (C=O) groups is 1. The number of hydrogen-bond donors (Lipinski definition) is 1. The van der Waals surface area contributed by atoms with Crippen LogP contribution in [0.4, 0.5) is 5.69 Å². The normalized spacial score (nSPS) is 10.8. The maximum Gasteiger partial charge on any atom is 0.248 e. The molecule has 0 aliphatic heterocycles. The Hall–Kier alpha value is -3.03. The summed E-state index contributed by atoms with van der Waals surface area (Å²) in [7, 11) is 1.54. The predicted octanol–water partition coefficient (Wildman–Crippen LogP) is 5.43. The Balaban J connectivity index is 1.68. The van der Waals surface area contributed by atoms with Gasteiger partial charge in [0, 0.05) is 11.5 Å². The van der Waals surface area contributed by atoms with Crippen molar-refractivity contribution in [1.29, 1.82) is 0 Å². The van der Waals surface area contributed by atoms with E-state index in [9.17, 15) is 4.79 Å². The first-order valence-corrected chi connectivity index (χ1v) is 10.5. The summed E-state index contributed by atoms with van der Waals surface area (Å²) in [5.41, 5.74) is 3.87. The lowest BCUT2D eigenvalue weighted by atomic mass is 10.2. The third-order valence-electron chi connectivity index (χ3n) is 3.97. The standard InChI is InChI=1S/C22H21ClN2O4S/c1-3-28-22-17(23)10-15(11-20(22)27-2)8-9-21(26)25-18-6-4-5-7-19(18)29-12-16-13-30-14-24-16/h4-11,13-14H,3,12H2,1-2H3,(H,25,26)/b9-8+. The Morgan fingerprint density at radius 2 is 2.07 bits per heavy atom. The molecule has 0 bridgehead atoms. The number of rotatable bonds is 9. The third-order valence-corrected chi connectivity index (χ3v) is 4.89. The van der Waals surface area contributed by atoms with Gasteiger partial charge in [-0.05, 0) is 42.8 Å². The smallest absolute Gasteiger partial charge is 0.248 e. The van der Waals surface area contributed by atoms with Gasteiger partial charge in [0.25, 0.3) is 0 Å². The lowest BCUT2D eigenvalue weighted by Gasteiger charge is -2.12. The number of hydrogen-bond acceptors (Lipinski definition) is 6. The van der Waals surface area contributed by atoms with Crippen molar-refractivity contribution in [1.82, 2.24) is 4.98 Å². The highest BCUT2D eigenvalue weighted by atomic mass is 35.5. The molecule has 0 fully saturated rings. The molecular formula is C22H21ClN2O4S. The Kier molecular flexibility index (Phi) is 7.70. The van der Waals surface area contributed by atoms with E-state index in [-0.39, 0.29) is 5.91 Å². The van der Waals surface area contributed by atoms with Gasteiger partial charge in [-0.1, -0.05) is 23.7 Å². The van der Waals surface area contributed by atoms with E-state index in [0.717, 1.165) is 5.69 Å². The molecule has 0 atom stereocenters. The lowest BCUT2D eigenvalue weighted by Crippen LogP contribution is -2.09. The van der Waals surface area contributed by atoms with Crippen LogP contribution in [0.15, 0.2) is 53.4 Å². The van der Waals surface area contributed by atoms with Gasteiger partial charge in [0.05, 0.1) is 35.6 Å². The van der Waals surface area contributed by atoms with Gasteiger partial charge < -0.3 is 19.5 Å². The van der Waals surface area contributed by atoms with Crippen molar-refractivity contribution in [2.24, 2.45) is 0 Å². The van der Waals surface area contributed by atoms with Crippen LogP contribution in [0.3, 0.4) is 0 Å². The zero-order chi connectivity index (χ0) is 21.3. The average Bonchev–Trinajstić information content (AvgIpc) is 3.27. The Labute approximate surface area is 184 Å². The summed E-state index contributed by atoms with van der Waals surface area (Å²) in [4.78, 5) is 16.6. The van der Waals surface area contributed by atoms with E-state index in [0.29, 0.717) is 46.7 Å². The number of nitrogens with one attached hydrogen (secondary N) is 1. The number of para-hydroxylation sites is 2. The van der Waals surface area contributed by atoms with Crippen molar-refractivity contribution in [3.05, 3.63) is 69.6 Å². The minimum atomic E-state index is -0.302. The molecule has 156 valence electrons. The van der Waals surface area contributed by atoms with Gasteiger partial charge in [0.15, 0.2) is 11.5 Å². The summed E-state index contributed by atoms with van der Waals surface area (Å²) < 4.78 is 16.6. The van der Waals surface area contributed by atoms with Gasteiger partial charge in [-0.25, -0.2) is 4.98 Å². The number of ether oxygens (including phenoxy) is 3. The van der Waals surface area contributed by atoms with E-state index in [1.165, 1.54) is 24.5 Å². The highest BCUT2D eigenvalue weighted by Gasteiger charge is 2.11. The molecule has 0 aliphatic carbocycles. The van der Waals surface area contributed by atoms with E-state index in [4.69, 9.17) is 25.8 Å². The van der Waals surface area contributed by atoms with Gasteiger partial charge in [-0.15, -0.1) is 11.3 Å². The van der Waals surface area contributed by atoms with Crippen molar-refractivity contribution in [3.8, 4) is 17.2 Å². The third kappa shape index (κ3) is 5.75. The zero-order valence-electron chi connectivity index (χ0n) is 16.6. The Bertz CT molecular complexity index is 1020. The molecule has 6 nitrogen and oxygen atoms in total. The molecule has 8 heteroatoms. The summed E-state index contributed by atoms with van der Waals surface area (Å²) in [5, 5.41) is 5.16. The second-order valence-electron chi connectivity index (χ2n) is 6.05. The van der Waals surface area contributed by atoms with Gasteiger partial charge >= 0.3 is 0 Å². The van der Waals surface area contributed by atoms with Crippen LogP contribution in [0.2, 0.25) is 5.02 Å². The van der Waals surface area contributed by atoms with Crippen LogP contribution in [0, 0.1) is 0 Å². The second-order valence-corrected chi connectivity index (χ2v) is 7.18. The quantitative estimate of drug-likeness (QED) is 0.445. The molecule has 1 heterocycles. The summed E-state index contributed by atoms with van der Waals surface area (Å²) in [6.07, 6.45) is 3.07. The molecule has 0 saturated carbocycles. The van der Waals surface area contributed by atoms with Crippen LogP contribution in [0.5, 0.6) is 17.2 Å². The fraction of sp³-hybridized carbons (Fsp3) is 0.182. The largest absolute Gasteiger partial charge is 0.493 e. The van der Waals surface area contributed by atoms with E-state index >= 15 is 0 Å². The number of carbonyl (C=O) groups excluding carboxylic acids is 1. The zero-order valence-corrected chi connectivity index (χ0v) is 18.1. The summed E-state index contributed by atoms with van der Waals surface area (Å²) in [6, 6.07) is 10.7. The van der Waals surface area contributed by atoms with Gasteiger partial charge in [-0.3, -0.25) is 4.79 Å². The molecule has 0 saturated heterocycles. The fourth-order valence-corrected chi connectivity index (χ4v) is 3.44. The number of benzene rings is 2. The summed E-state index contributed by atoms with van der Waals surface area (Å²) >= 11 is 7.78. The van der Waals surface area contributed by atoms with Crippen LogP contribution in [-0.2, 0) is 11.4 Å². The average molecular weight is 445 g/mol. The van der Waals surface area contributed by atoms with E-state index in [1.54, 1.807) is 35.9 Å². The van der Waals surface area contributed by atoms with E-state index < -0.39 is 0 Å². The van der Waals surface area contributed by atoms with Crippen molar-refractivity contribution < 1.29 is 19.0 Å². The predicted molar refractivity (Wildman–Crippen MR) is 120 cm³/mol. The summed E-state index contributed by atoms with van der Waals surface area (Å²) in [5.74, 6) is 1.25. The number of amides is 1. The number of aromatic nitrogens is 1. The minimum absolute atomic E-state index is 0.302. The van der Waals surface area contributed by atoms with Gasteiger partial charge in [0.1, 0.15) is 12.4 Å². The summed E-state index contributed by atoms with van der Waals surface area (Å²) in [6.45, 7) is 2.67. The van der Waals surface area contributed by atoms with Crippen LogP contribution >= 0.6 is 22.9 Å². The molecule has 1 aromatic heterocycles. The Morgan fingerprint density at radius 3 is 2.80 bits per heavy atom. The second kappa shape index (κ2) is 10.7. The molecule has 1 amide bonds. The van der Waals surface area contributed by atoms with Crippen LogP contribution in [0.1, 0.15) is 18.2 Å².